The third-order valence-electron chi connectivity index (χ3n) is 4.01. The summed E-state index contributed by atoms with van der Waals surface area (Å²) >= 11 is 3.29. The van der Waals surface area contributed by atoms with Gasteiger partial charge in [-0.3, -0.25) is 4.79 Å². The Labute approximate surface area is 150 Å². The molecule has 130 valence electrons. The van der Waals surface area contributed by atoms with E-state index >= 15 is 0 Å². The zero-order chi connectivity index (χ0) is 18.1. The van der Waals surface area contributed by atoms with Crippen molar-refractivity contribution in [3.63, 3.8) is 0 Å². The predicted molar refractivity (Wildman–Crippen MR) is 87.8 cm³/mol. The highest BCUT2D eigenvalue weighted by Gasteiger charge is 2.43. The maximum Gasteiger partial charge on any atom is 0.261 e. The fourth-order valence-corrected chi connectivity index (χ4v) is 3.27. The molecule has 0 saturated carbocycles. The third-order valence-corrected chi connectivity index (χ3v) is 4.50. The first-order valence-corrected chi connectivity index (χ1v) is 8.16. The quantitative estimate of drug-likeness (QED) is 0.789. The van der Waals surface area contributed by atoms with Crippen LogP contribution >= 0.6 is 15.9 Å². The lowest BCUT2D eigenvalue weighted by Crippen LogP contribution is -2.35. The molecule has 3 rings (SSSR count). The smallest absolute Gasteiger partial charge is 0.261 e. The van der Waals surface area contributed by atoms with Crippen molar-refractivity contribution in [2.45, 2.75) is 12.2 Å². The molecule has 2 atom stereocenters. The number of benzene rings is 2. The summed E-state index contributed by atoms with van der Waals surface area (Å²) < 4.78 is 28.7. The molecule has 1 saturated heterocycles. The van der Waals surface area contributed by atoms with Crippen molar-refractivity contribution in [1.29, 1.82) is 0 Å². The van der Waals surface area contributed by atoms with Crippen molar-refractivity contribution in [2.75, 3.05) is 6.54 Å². The summed E-state index contributed by atoms with van der Waals surface area (Å²) in [5.41, 5.74) is -0.228. The average Bonchev–Trinajstić information content (AvgIpc) is 2.91. The van der Waals surface area contributed by atoms with E-state index in [9.17, 15) is 23.6 Å². The molecular weight excluding hydrogens is 398 g/mol. The van der Waals surface area contributed by atoms with Gasteiger partial charge >= 0.3 is 0 Å². The molecule has 1 aliphatic rings. The van der Waals surface area contributed by atoms with Crippen molar-refractivity contribution < 1.29 is 23.6 Å². The normalized spacial score (nSPS) is 20.7. The summed E-state index contributed by atoms with van der Waals surface area (Å²) in [6.45, 7) is -0.191. The molecule has 1 N–H and O–H groups in total. The van der Waals surface area contributed by atoms with E-state index < -0.39 is 35.3 Å². The molecule has 2 unspecified atom stereocenters. The van der Waals surface area contributed by atoms with E-state index in [-0.39, 0.29) is 6.54 Å². The van der Waals surface area contributed by atoms with Gasteiger partial charge in [0.05, 0.1) is 0 Å². The molecule has 2 aromatic carbocycles. The van der Waals surface area contributed by atoms with E-state index in [1.807, 2.05) is 0 Å². The van der Waals surface area contributed by atoms with Crippen LogP contribution in [0.3, 0.4) is 0 Å². The lowest BCUT2D eigenvalue weighted by molar-refractivity contribution is -0.154. The van der Waals surface area contributed by atoms with E-state index in [2.05, 4.69) is 15.9 Å². The third kappa shape index (κ3) is 3.20. The van der Waals surface area contributed by atoms with E-state index in [1.54, 1.807) is 24.3 Å². The number of halogens is 3. The fraction of sp³-hybridized carbons (Fsp3) is 0.176. The maximum absolute atomic E-state index is 14.0. The first-order valence-electron chi connectivity index (χ1n) is 7.37. The van der Waals surface area contributed by atoms with Crippen molar-refractivity contribution in [3.8, 4) is 0 Å². The highest BCUT2D eigenvalue weighted by Crippen LogP contribution is 2.34. The van der Waals surface area contributed by atoms with Crippen LogP contribution in [0.5, 0.6) is 0 Å². The number of aldehydes is 1. The van der Waals surface area contributed by atoms with E-state index in [1.165, 1.54) is 0 Å². The van der Waals surface area contributed by atoms with E-state index in [0.717, 1.165) is 23.1 Å². The van der Waals surface area contributed by atoms with Gasteiger partial charge in [0.15, 0.2) is 0 Å². The second-order valence-corrected chi connectivity index (χ2v) is 6.48. The number of amides is 1. The molecule has 1 heterocycles. The second-order valence-electron chi connectivity index (χ2n) is 5.57. The summed E-state index contributed by atoms with van der Waals surface area (Å²) in [6.07, 6.45) is -0.560. The molecule has 5 nitrogen and oxygen atoms in total. The monoisotopic (exact) mass is 410 g/mol. The molecule has 25 heavy (non-hydrogen) atoms. The Balaban J connectivity index is 2.06. The minimum absolute atomic E-state index is 0.191. The van der Waals surface area contributed by atoms with Gasteiger partial charge in [-0.15, -0.1) is 0 Å². The number of hydrogen-bond donors (Lipinski definition) is 1. The number of nitrogens with zero attached hydrogens (tertiary/aromatic N) is 2. The summed E-state index contributed by atoms with van der Waals surface area (Å²) in [5, 5.41) is 11.0. The largest absolute Gasteiger partial charge is 0.314 e. The molecule has 2 aromatic rings. The fourth-order valence-electron chi connectivity index (χ4n) is 2.85. The van der Waals surface area contributed by atoms with Gasteiger partial charge in [-0.2, -0.15) is 5.06 Å². The summed E-state index contributed by atoms with van der Waals surface area (Å²) in [6, 6.07) is 8.85. The molecule has 1 amide bonds. The van der Waals surface area contributed by atoms with Crippen LogP contribution in [0.25, 0.3) is 0 Å². The predicted octanol–water partition coefficient (Wildman–Crippen LogP) is 3.14. The average molecular weight is 411 g/mol. The van der Waals surface area contributed by atoms with E-state index in [4.69, 9.17) is 0 Å². The Morgan fingerprint density at radius 2 is 1.84 bits per heavy atom. The van der Waals surface area contributed by atoms with Crippen LogP contribution in [0.2, 0.25) is 0 Å². The standard InChI is InChI=1S/C17H13BrF2N2O3/c18-11-4-1-3-10(7-11)16-21(8-12(9-23)22(16)25)17(24)15-13(19)5-2-6-14(15)20/h1-7,9,12,16,25H,8H2. The van der Waals surface area contributed by atoms with Gasteiger partial charge in [-0.05, 0) is 29.8 Å². The molecule has 0 radical (unpaired) electrons. The number of carbonyl (C=O) groups excluding carboxylic acids is 2. The van der Waals surface area contributed by atoms with Gasteiger partial charge in [0.25, 0.3) is 5.91 Å². The molecule has 1 aliphatic heterocycles. The van der Waals surface area contributed by atoms with Crippen LogP contribution in [-0.4, -0.2) is 40.0 Å². The lowest BCUT2D eigenvalue weighted by atomic mass is 10.1. The molecule has 0 bridgehead atoms. The molecule has 0 aliphatic carbocycles. The highest BCUT2D eigenvalue weighted by molar-refractivity contribution is 9.10. The van der Waals surface area contributed by atoms with Crippen LogP contribution in [0.15, 0.2) is 46.9 Å². The van der Waals surface area contributed by atoms with Crippen molar-refractivity contribution in [1.82, 2.24) is 9.96 Å². The summed E-state index contributed by atoms with van der Waals surface area (Å²) in [4.78, 5) is 25.0. The molecule has 1 fully saturated rings. The van der Waals surface area contributed by atoms with Gasteiger partial charge in [0.2, 0.25) is 0 Å². The van der Waals surface area contributed by atoms with Crippen molar-refractivity contribution in [2.24, 2.45) is 0 Å². The summed E-state index contributed by atoms with van der Waals surface area (Å²) in [7, 11) is 0. The van der Waals surface area contributed by atoms with Gasteiger partial charge < -0.3 is 14.9 Å². The topological polar surface area (TPSA) is 60.9 Å². The van der Waals surface area contributed by atoms with Crippen molar-refractivity contribution >= 4 is 28.1 Å². The van der Waals surface area contributed by atoms with Gasteiger partial charge in [0, 0.05) is 11.0 Å². The molecular formula is C17H13BrF2N2O3. The highest BCUT2D eigenvalue weighted by atomic mass is 79.9. The first-order chi connectivity index (χ1) is 11.9. The van der Waals surface area contributed by atoms with Crippen molar-refractivity contribution in [3.05, 3.63) is 69.7 Å². The van der Waals surface area contributed by atoms with Gasteiger partial charge in [0.1, 0.15) is 35.7 Å². The summed E-state index contributed by atoms with van der Waals surface area (Å²) in [5.74, 6) is -2.95. The second kappa shape index (κ2) is 6.99. The number of carbonyl (C=O) groups is 2. The van der Waals surface area contributed by atoms with Crippen LogP contribution in [0.4, 0.5) is 8.78 Å². The Kier molecular flexibility index (Phi) is 4.94. The molecule has 0 spiro atoms. The van der Waals surface area contributed by atoms with Gasteiger partial charge in [-0.1, -0.05) is 34.1 Å². The minimum atomic E-state index is -1.04. The molecule has 8 heteroatoms. The Hall–Kier alpha value is -2.16. The van der Waals surface area contributed by atoms with Gasteiger partial charge in [-0.25, -0.2) is 8.78 Å². The van der Waals surface area contributed by atoms with Crippen LogP contribution in [0, 0.1) is 11.6 Å². The van der Waals surface area contributed by atoms with Crippen LogP contribution in [-0.2, 0) is 4.79 Å². The van der Waals surface area contributed by atoms with Crippen LogP contribution in [0.1, 0.15) is 22.1 Å². The maximum atomic E-state index is 14.0. The first kappa shape index (κ1) is 17.7. The number of hydroxylamine groups is 2. The molecule has 0 aromatic heterocycles. The lowest BCUT2D eigenvalue weighted by Gasteiger charge is -2.27. The number of hydrogen-bond acceptors (Lipinski definition) is 4. The Bertz CT molecular complexity index is 813. The van der Waals surface area contributed by atoms with E-state index in [0.29, 0.717) is 21.4 Å². The Morgan fingerprint density at radius 1 is 1.20 bits per heavy atom. The SMILES string of the molecule is O=CC1CN(C(=O)c2c(F)cccc2F)C(c2cccc(Br)c2)N1O. The Morgan fingerprint density at radius 3 is 2.44 bits per heavy atom. The number of rotatable bonds is 3. The zero-order valence-corrected chi connectivity index (χ0v) is 14.4. The zero-order valence-electron chi connectivity index (χ0n) is 12.8. The van der Waals surface area contributed by atoms with Crippen LogP contribution < -0.4 is 0 Å². The minimum Gasteiger partial charge on any atom is -0.314 e.